The van der Waals surface area contributed by atoms with E-state index >= 15 is 0 Å². The normalized spacial score (nSPS) is 26.7. The number of β-lactam (4-membered cyclic amide) rings is 1. The van der Waals surface area contributed by atoms with Crippen LogP contribution in [-0.4, -0.2) is 64.8 Å². The number of aliphatic hydroxyl groups is 1. The molecule has 8 heteroatoms. The van der Waals surface area contributed by atoms with Gasteiger partial charge in [0.1, 0.15) is 12.1 Å². The predicted octanol–water partition coefficient (Wildman–Crippen LogP) is -1.73. The molecule has 2 fully saturated rings. The van der Waals surface area contributed by atoms with Crippen molar-refractivity contribution < 1.29 is 19.5 Å². The van der Waals surface area contributed by atoms with Crippen molar-refractivity contribution in [3.63, 3.8) is 0 Å². The van der Waals surface area contributed by atoms with Crippen LogP contribution in [0.1, 0.15) is 19.3 Å². The van der Waals surface area contributed by atoms with Crippen LogP contribution >= 0.6 is 12.6 Å². The summed E-state index contributed by atoms with van der Waals surface area (Å²) in [5, 5.41) is 14.3. The van der Waals surface area contributed by atoms with Gasteiger partial charge in [0.05, 0.1) is 19.1 Å². The molecule has 112 valence electrons. The molecular weight excluding hydrogens is 282 g/mol. The van der Waals surface area contributed by atoms with E-state index in [9.17, 15) is 19.5 Å². The molecule has 2 aliphatic heterocycles. The molecule has 3 N–H and O–H groups in total. The molecule has 0 aromatic rings. The molecule has 0 radical (unpaired) electrons. The van der Waals surface area contributed by atoms with Gasteiger partial charge in [0.2, 0.25) is 17.7 Å². The van der Waals surface area contributed by atoms with Gasteiger partial charge in [-0.3, -0.25) is 14.4 Å². The summed E-state index contributed by atoms with van der Waals surface area (Å²) in [6.45, 7) is 0.516. The number of nitrogens with zero attached hydrogens (tertiary/aromatic N) is 1. The maximum atomic E-state index is 12.3. The quantitative estimate of drug-likeness (QED) is 0.358. The number of carbonyl (C=O) groups excluding carboxylic acids is 3. The molecule has 7 nitrogen and oxygen atoms in total. The highest BCUT2D eigenvalue weighted by Gasteiger charge is 2.36. The summed E-state index contributed by atoms with van der Waals surface area (Å²) in [4.78, 5) is 36.6. The second kappa shape index (κ2) is 6.45. The third-order valence-electron chi connectivity index (χ3n) is 3.71. The van der Waals surface area contributed by atoms with Gasteiger partial charge in [-0.25, -0.2) is 0 Å². The minimum Gasteiger partial charge on any atom is -0.394 e. The lowest BCUT2D eigenvalue weighted by atomic mass is 10.1. The van der Waals surface area contributed by atoms with Crippen LogP contribution in [0.3, 0.4) is 0 Å². The Labute approximate surface area is 122 Å². The summed E-state index contributed by atoms with van der Waals surface area (Å²) >= 11 is 4.10. The lowest BCUT2D eigenvalue weighted by Crippen LogP contribution is -2.61. The van der Waals surface area contributed by atoms with Gasteiger partial charge < -0.3 is 20.6 Å². The van der Waals surface area contributed by atoms with Crippen molar-refractivity contribution >= 4 is 30.4 Å². The monoisotopic (exact) mass is 301 g/mol. The van der Waals surface area contributed by atoms with E-state index in [-0.39, 0.29) is 42.5 Å². The van der Waals surface area contributed by atoms with Crippen LogP contribution in [0.15, 0.2) is 0 Å². The van der Waals surface area contributed by atoms with Crippen molar-refractivity contribution in [2.24, 2.45) is 0 Å². The Bertz CT molecular complexity index is 410. The molecule has 0 unspecified atom stereocenters. The van der Waals surface area contributed by atoms with E-state index in [0.717, 1.165) is 12.8 Å². The second-order valence-electron chi connectivity index (χ2n) is 5.08. The number of amides is 3. The highest BCUT2D eigenvalue weighted by atomic mass is 32.1. The van der Waals surface area contributed by atoms with Gasteiger partial charge in [0, 0.05) is 12.3 Å². The summed E-state index contributed by atoms with van der Waals surface area (Å²) in [5.74, 6) is -0.578. The Balaban J connectivity index is 1.92. The molecule has 2 rings (SSSR count). The van der Waals surface area contributed by atoms with Crippen LogP contribution in [0.4, 0.5) is 0 Å². The Morgan fingerprint density at radius 2 is 2.25 bits per heavy atom. The SMILES string of the molecule is O=C1C[C@@H](C(=O)N[C@@H](CS)C(=O)N2CCC[C@H]2CO)N1. The fourth-order valence-corrected chi connectivity index (χ4v) is 2.74. The van der Waals surface area contributed by atoms with Crippen LogP contribution < -0.4 is 10.6 Å². The van der Waals surface area contributed by atoms with Crippen LogP contribution in [0.5, 0.6) is 0 Å². The molecule has 20 heavy (non-hydrogen) atoms. The first-order valence-electron chi connectivity index (χ1n) is 6.68. The molecule has 2 heterocycles. The zero-order valence-corrected chi connectivity index (χ0v) is 11.9. The molecule has 0 aromatic heterocycles. The first kappa shape index (κ1) is 15.1. The van der Waals surface area contributed by atoms with Crippen molar-refractivity contribution in [3.05, 3.63) is 0 Å². The van der Waals surface area contributed by atoms with Gasteiger partial charge in [0.15, 0.2) is 0 Å². The fourth-order valence-electron chi connectivity index (χ4n) is 2.49. The number of aliphatic hydroxyl groups excluding tert-OH is 1. The van der Waals surface area contributed by atoms with Crippen molar-refractivity contribution in [2.45, 2.75) is 37.4 Å². The Morgan fingerprint density at radius 3 is 2.80 bits per heavy atom. The summed E-state index contributed by atoms with van der Waals surface area (Å²) in [6, 6.07) is -1.45. The van der Waals surface area contributed by atoms with Gasteiger partial charge in [0.25, 0.3) is 0 Å². The third kappa shape index (κ3) is 3.06. The molecule has 2 saturated heterocycles. The first-order valence-corrected chi connectivity index (χ1v) is 7.32. The molecule has 3 atom stereocenters. The zero-order chi connectivity index (χ0) is 14.7. The highest BCUT2D eigenvalue weighted by molar-refractivity contribution is 7.80. The average molecular weight is 301 g/mol. The second-order valence-corrected chi connectivity index (χ2v) is 5.44. The number of thiol groups is 1. The Hall–Kier alpha value is -1.28. The fraction of sp³-hybridized carbons (Fsp3) is 0.750. The van der Waals surface area contributed by atoms with Crippen molar-refractivity contribution in [3.8, 4) is 0 Å². The molecule has 0 bridgehead atoms. The predicted molar refractivity (Wildman–Crippen MR) is 74.2 cm³/mol. The largest absolute Gasteiger partial charge is 0.394 e. The van der Waals surface area contributed by atoms with E-state index in [4.69, 9.17) is 0 Å². The van der Waals surface area contributed by atoms with Crippen molar-refractivity contribution in [2.75, 3.05) is 18.9 Å². The number of likely N-dealkylation sites (tertiary alicyclic amines) is 1. The topological polar surface area (TPSA) is 98.7 Å². The van der Waals surface area contributed by atoms with Crippen molar-refractivity contribution in [1.82, 2.24) is 15.5 Å². The standard InChI is InChI=1S/C12H19N3O4S/c16-5-7-2-1-3-15(7)12(19)9(6-20)14-11(18)8-4-10(17)13-8/h7-9,16,20H,1-6H2,(H,13,17)(H,14,18)/t7-,8-,9-/m0/s1. The third-order valence-corrected chi connectivity index (χ3v) is 4.07. The molecular formula is C12H19N3O4S. The van der Waals surface area contributed by atoms with E-state index in [0.29, 0.717) is 6.54 Å². The zero-order valence-electron chi connectivity index (χ0n) is 11.0. The molecule has 3 amide bonds. The maximum Gasteiger partial charge on any atom is 0.246 e. The van der Waals surface area contributed by atoms with Gasteiger partial charge >= 0.3 is 0 Å². The van der Waals surface area contributed by atoms with Crippen LogP contribution in [0, 0.1) is 0 Å². The van der Waals surface area contributed by atoms with E-state index < -0.39 is 12.1 Å². The summed E-state index contributed by atoms with van der Waals surface area (Å²) in [6.07, 6.45) is 1.78. The molecule has 0 saturated carbocycles. The van der Waals surface area contributed by atoms with Gasteiger partial charge in [-0.15, -0.1) is 0 Å². The molecule has 0 aliphatic carbocycles. The minimum absolute atomic E-state index is 0.0718. The van der Waals surface area contributed by atoms with E-state index in [1.54, 1.807) is 4.90 Å². The van der Waals surface area contributed by atoms with Crippen LogP contribution in [-0.2, 0) is 14.4 Å². The summed E-state index contributed by atoms with van der Waals surface area (Å²) in [5.41, 5.74) is 0. The average Bonchev–Trinajstić information content (AvgIpc) is 2.88. The lowest BCUT2D eigenvalue weighted by molar-refractivity contribution is -0.140. The van der Waals surface area contributed by atoms with Gasteiger partial charge in [-0.1, -0.05) is 0 Å². The number of nitrogens with one attached hydrogen (secondary N) is 2. The Kier molecular flexibility index (Phi) is 4.87. The minimum atomic E-state index is -0.726. The van der Waals surface area contributed by atoms with Crippen LogP contribution in [0.2, 0.25) is 0 Å². The maximum absolute atomic E-state index is 12.3. The first-order chi connectivity index (χ1) is 9.56. The summed E-state index contributed by atoms with van der Waals surface area (Å²) < 4.78 is 0. The van der Waals surface area contributed by atoms with Crippen molar-refractivity contribution in [1.29, 1.82) is 0 Å². The van der Waals surface area contributed by atoms with Gasteiger partial charge in [-0.05, 0) is 12.8 Å². The van der Waals surface area contributed by atoms with E-state index in [1.807, 2.05) is 0 Å². The van der Waals surface area contributed by atoms with Gasteiger partial charge in [-0.2, -0.15) is 12.6 Å². The Morgan fingerprint density at radius 1 is 1.55 bits per heavy atom. The number of rotatable bonds is 5. The number of hydrogen-bond acceptors (Lipinski definition) is 5. The molecule has 2 aliphatic rings. The molecule has 0 spiro atoms. The van der Waals surface area contributed by atoms with Crippen LogP contribution in [0.25, 0.3) is 0 Å². The smallest absolute Gasteiger partial charge is 0.246 e. The molecule has 0 aromatic carbocycles. The van der Waals surface area contributed by atoms with E-state index in [2.05, 4.69) is 23.3 Å². The number of hydrogen-bond donors (Lipinski definition) is 4. The summed E-state index contributed by atoms with van der Waals surface area (Å²) in [7, 11) is 0. The number of carbonyl (C=O) groups is 3. The highest BCUT2D eigenvalue weighted by Crippen LogP contribution is 2.18. The van der Waals surface area contributed by atoms with E-state index in [1.165, 1.54) is 0 Å². The lowest BCUT2D eigenvalue weighted by Gasteiger charge is -2.30.